The molecule has 0 unspecified atom stereocenters. The molecule has 30 heavy (non-hydrogen) atoms. The maximum absolute atomic E-state index is 13.4. The molecule has 3 amide bonds. The molecule has 0 saturated carbocycles. The second kappa shape index (κ2) is 8.64. The van der Waals surface area contributed by atoms with E-state index in [4.69, 9.17) is 5.73 Å². The standard InChI is InChI=1S/C22H25N5O3/c23-13-20(28)24-15-9-11-26(12-10-15)14-21(29)27-18-7-3-1-5-16(18)22(30)25-17-6-2-4-8-19(17)27/h1-8,15H,9-14,23H2,(H,24,28)(H,25,30). The quantitative estimate of drug-likeness (QED) is 0.711. The van der Waals surface area contributed by atoms with Crippen molar-refractivity contribution in [2.45, 2.75) is 18.9 Å². The number of hydrogen-bond acceptors (Lipinski definition) is 5. The van der Waals surface area contributed by atoms with Gasteiger partial charge in [0.25, 0.3) is 5.91 Å². The fraction of sp³-hybridized carbons (Fsp3) is 0.318. The molecule has 8 nitrogen and oxygen atoms in total. The van der Waals surface area contributed by atoms with Crippen LogP contribution in [0.15, 0.2) is 48.5 Å². The normalized spacial score (nSPS) is 16.8. The van der Waals surface area contributed by atoms with Crippen molar-refractivity contribution in [2.24, 2.45) is 5.73 Å². The molecule has 0 bridgehead atoms. The van der Waals surface area contributed by atoms with Gasteiger partial charge in [-0.05, 0) is 37.1 Å². The number of rotatable bonds is 4. The second-order valence-corrected chi connectivity index (χ2v) is 7.54. The monoisotopic (exact) mass is 407 g/mol. The minimum Gasteiger partial charge on any atom is -0.352 e. The second-order valence-electron chi connectivity index (χ2n) is 7.54. The van der Waals surface area contributed by atoms with E-state index in [-0.39, 0.29) is 36.9 Å². The Bertz CT molecular complexity index is 969. The van der Waals surface area contributed by atoms with Crippen molar-refractivity contribution in [3.8, 4) is 0 Å². The third-order valence-corrected chi connectivity index (χ3v) is 5.53. The number of nitrogens with one attached hydrogen (secondary N) is 2. The number of nitrogens with two attached hydrogens (primary N) is 1. The minimum atomic E-state index is -0.232. The molecule has 0 aliphatic carbocycles. The van der Waals surface area contributed by atoms with Gasteiger partial charge in [-0.1, -0.05) is 24.3 Å². The van der Waals surface area contributed by atoms with E-state index in [1.54, 1.807) is 29.2 Å². The summed E-state index contributed by atoms with van der Waals surface area (Å²) in [5.74, 6) is -0.486. The summed E-state index contributed by atoms with van der Waals surface area (Å²) in [7, 11) is 0. The molecule has 2 aromatic rings. The number of hydrogen-bond donors (Lipinski definition) is 3. The average molecular weight is 407 g/mol. The molecule has 156 valence electrons. The Labute approximate surface area is 175 Å². The van der Waals surface area contributed by atoms with Crippen LogP contribution in [-0.2, 0) is 9.59 Å². The molecule has 2 aliphatic heterocycles. The smallest absolute Gasteiger partial charge is 0.257 e. The Morgan fingerprint density at radius 1 is 1.03 bits per heavy atom. The number of piperidine rings is 1. The third kappa shape index (κ3) is 4.05. The van der Waals surface area contributed by atoms with Crippen LogP contribution in [0.5, 0.6) is 0 Å². The van der Waals surface area contributed by atoms with Crippen LogP contribution in [0.4, 0.5) is 17.1 Å². The van der Waals surface area contributed by atoms with Crippen LogP contribution in [0.25, 0.3) is 0 Å². The molecule has 1 fully saturated rings. The summed E-state index contributed by atoms with van der Waals surface area (Å²) in [6.45, 7) is 1.62. The van der Waals surface area contributed by atoms with E-state index >= 15 is 0 Å². The first-order chi connectivity index (χ1) is 14.6. The van der Waals surface area contributed by atoms with Crippen LogP contribution in [0.2, 0.25) is 0 Å². The zero-order valence-electron chi connectivity index (χ0n) is 16.6. The Kier molecular flexibility index (Phi) is 5.78. The van der Waals surface area contributed by atoms with Gasteiger partial charge in [0, 0.05) is 19.1 Å². The zero-order valence-corrected chi connectivity index (χ0v) is 16.6. The molecule has 4 rings (SSSR count). The molecule has 2 aromatic carbocycles. The third-order valence-electron chi connectivity index (χ3n) is 5.53. The Morgan fingerprint density at radius 3 is 2.43 bits per heavy atom. The molecule has 1 saturated heterocycles. The summed E-state index contributed by atoms with van der Waals surface area (Å²) in [4.78, 5) is 41.3. The van der Waals surface area contributed by atoms with Gasteiger partial charge in [0.05, 0.1) is 35.7 Å². The Morgan fingerprint density at radius 2 is 1.70 bits per heavy atom. The van der Waals surface area contributed by atoms with E-state index in [2.05, 4.69) is 15.5 Å². The van der Waals surface area contributed by atoms with Crippen molar-refractivity contribution in [3.63, 3.8) is 0 Å². The summed E-state index contributed by atoms with van der Waals surface area (Å²) in [5, 5.41) is 5.81. The first-order valence-electron chi connectivity index (χ1n) is 10.1. The van der Waals surface area contributed by atoms with Crippen molar-refractivity contribution in [2.75, 3.05) is 36.4 Å². The summed E-state index contributed by atoms with van der Waals surface area (Å²) < 4.78 is 0. The highest BCUT2D eigenvalue weighted by atomic mass is 16.2. The predicted molar refractivity (Wildman–Crippen MR) is 115 cm³/mol. The molecule has 2 aliphatic rings. The topological polar surface area (TPSA) is 108 Å². The van der Waals surface area contributed by atoms with Crippen LogP contribution in [-0.4, -0.2) is 54.8 Å². The van der Waals surface area contributed by atoms with Crippen LogP contribution >= 0.6 is 0 Å². The molecule has 4 N–H and O–H groups in total. The van der Waals surface area contributed by atoms with Crippen LogP contribution in [0.1, 0.15) is 23.2 Å². The van der Waals surface area contributed by atoms with Gasteiger partial charge in [0.15, 0.2) is 0 Å². The van der Waals surface area contributed by atoms with Crippen LogP contribution in [0.3, 0.4) is 0 Å². The van der Waals surface area contributed by atoms with E-state index < -0.39 is 0 Å². The summed E-state index contributed by atoms with van der Waals surface area (Å²) in [6.07, 6.45) is 1.54. The number of carbonyl (C=O) groups excluding carboxylic acids is 3. The van der Waals surface area contributed by atoms with Gasteiger partial charge >= 0.3 is 0 Å². The number of fused-ring (bicyclic) bond motifs is 2. The molecule has 8 heteroatoms. The summed E-state index contributed by atoms with van der Waals surface area (Å²) in [5.41, 5.74) is 7.67. The fourth-order valence-electron chi connectivity index (χ4n) is 4.01. The maximum Gasteiger partial charge on any atom is 0.257 e. The molecule has 0 spiro atoms. The first kappa shape index (κ1) is 20.1. The van der Waals surface area contributed by atoms with Crippen molar-refractivity contribution >= 4 is 34.8 Å². The number of amides is 3. The van der Waals surface area contributed by atoms with Gasteiger partial charge in [-0.15, -0.1) is 0 Å². The average Bonchev–Trinajstić information content (AvgIpc) is 2.89. The summed E-state index contributed by atoms with van der Waals surface area (Å²) >= 11 is 0. The molecule has 2 heterocycles. The van der Waals surface area contributed by atoms with Gasteiger partial charge in [-0.25, -0.2) is 0 Å². The lowest BCUT2D eigenvalue weighted by molar-refractivity contribution is -0.122. The van der Waals surface area contributed by atoms with Gasteiger partial charge in [-0.2, -0.15) is 0 Å². The van der Waals surface area contributed by atoms with E-state index in [1.165, 1.54) is 0 Å². The number of benzene rings is 2. The van der Waals surface area contributed by atoms with Gasteiger partial charge < -0.3 is 16.4 Å². The largest absolute Gasteiger partial charge is 0.352 e. The molecular weight excluding hydrogens is 382 g/mol. The van der Waals surface area contributed by atoms with Crippen molar-refractivity contribution in [3.05, 3.63) is 54.1 Å². The van der Waals surface area contributed by atoms with E-state index in [0.29, 0.717) is 35.7 Å². The lowest BCUT2D eigenvalue weighted by Crippen LogP contribution is -2.48. The molecular formula is C22H25N5O3. The molecule has 0 aromatic heterocycles. The number of likely N-dealkylation sites (tertiary alicyclic amines) is 1. The van der Waals surface area contributed by atoms with E-state index in [0.717, 1.165) is 12.8 Å². The SMILES string of the molecule is NCC(=O)NC1CCN(CC(=O)N2c3ccccc3NC(=O)c3ccccc32)CC1. The Balaban J connectivity index is 1.54. The Hall–Kier alpha value is -3.23. The predicted octanol–water partition coefficient (Wildman–Crippen LogP) is 1.46. The van der Waals surface area contributed by atoms with Crippen molar-refractivity contribution in [1.29, 1.82) is 0 Å². The molecule has 0 atom stereocenters. The van der Waals surface area contributed by atoms with E-state index in [1.807, 2.05) is 24.3 Å². The lowest BCUT2D eigenvalue weighted by atomic mass is 10.0. The first-order valence-corrected chi connectivity index (χ1v) is 10.1. The number of carbonyl (C=O) groups is 3. The number of para-hydroxylation sites is 3. The minimum absolute atomic E-state index is 0.0146. The highest BCUT2D eigenvalue weighted by molar-refractivity contribution is 6.17. The highest BCUT2D eigenvalue weighted by Gasteiger charge is 2.30. The zero-order chi connectivity index (χ0) is 21.1. The lowest BCUT2D eigenvalue weighted by Gasteiger charge is -2.33. The van der Waals surface area contributed by atoms with Gasteiger partial charge in [0.2, 0.25) is 11.8 Å². The van der Waals surface area contributed by atoms with Crippen molar-refractivity contribution in [1.82, 2.24) is 10.2 Å². The fourth-order valence-corrected chi connectivity index (χ4v) is 4.01. The van der Waals surface area contributed by atoms with Gasteiger partial charge in [0.1, 0.15) is 0 Å². The van der Waals surface area contributed by atoms with Crippen LogP contribution < -0.4 is 21.3 Å². The number of nitrogens with zero attached hydrogens (tertiary/aromatic N) is 2. The highest BCUT2D eigenvalue weighted by Crippen LogP contribution is 2.37. The maximum atomic E-state index is 13.4. The van der Waals surface area contributed by atoms with E-state index in [9.17, 15) is 14.4 Å². The van der Waals surface area contributed by atoms with Gasteiger partial charge in [-0.3, -0.25) is 24.2 Å². The van der Waals surface area contributed by atoms with Crippen molar-refractivity contribution < 1.29 is 14.4 Å². The summed E-state index contributed by atoms with van der Waals surface area (Å²) in [6, 6.07) is 14.5. The van der Waals surface area contributed by atoms with Crippen LogP contribution in [0, 0.1) is 0 Å². The molecule has 0 radical (unpaired) electrons. The number of anilines is 3.